The van der Waals surface area contributed by atoms with Crippen LogP contribution in [-0.4, -0.2) is 19.3 Å². The van der Waals surface area contributed by atoms with Gasteiger partial charge in [-0.2, -0.15) is 0 Å². The fourth-order valence-electron chi connectivity index (χ4n) is 2.83. The highest BCUT2D eigenvalue weighted by atomic mass is 16.5. The lowest BCUT2D eigenvalue weighted by atomic mass is 9.93. The molecule has 1 aliphatic rings. The van der Waals surface area contributed by atoms with Gasteiger partial charge in [0, 0.05) is 18.8 Å². The summed E-state index contributed by atoms with van der Waals surface area (Å²) in [5.74, 6) is 0. The smallest absolute Gasteiger partial charge is 0.0572 e. The molecule has 0 bridgehead atoms. The molecule has 19 heavy (non-hydrogen) atoms. The molecule has 0 saturated heterocycles. The Morgan fingerprint density at radius 2 is 1.79 bits per heavy atom. The maximum absolute atomic E-state index is 5.42. The highest BCUT2D eigenvalue weighted by Crippen LogP contribution is 2.24. The van der Waals surface area contributed by atoms with Crippen LogP contribution in [0.4, 0.5) is 5.69 Å². The molecule has 106 valence electrons. The van der Waals surface area contributed by atoms with E-state index in [1.54, 1.807) is 0 Å². The molecule has 1 saturated carbocycles. The van der Waals surface area contributed by atoms with Crippen molar-refractivity contribution in [2.45, 2.75) is 64.0 Å². The summed E-state index contributed by atoms with van der Waals surface area (Å²) < 4.78 is 5.42. The lowest BCUT2D eigenvalue weighted by molar-refractivity contribution is 0.0682. The number of benzene rings is 1. The van der Waals surface area contributed by atoms with Crippen molar-refractivity contribution in [1.82, 2.24) is 0 Å². The molecule has 0 atom stereocenters. The van der Waals surface area contributed by atoms with Crippen molar-refractivity contribution in [3.8, 4) is 0 Å². The maximum atomic E-state index is 5.42. The van der Waals surface area contributed by atoms with Gasteiger partial charge in [-0.05, 0) is 56.2 Å². The lowest BCUT2D eigenvalue weighted by Crippen LogP contribution is -2.29. The van der Waals surface area contributed by atoms with Crippen LogP contribution in [0.3, 0.4) is 0 Å². The largest absolute Gasteiger partial charge is 0.382 e. The van der Waals surface area contributed by atoms with Gasteiger partial charge in [-0.15, -0.1) is 0 Å². The van der Waals surface area contributed by atoms with Gasteiger partial charge in [-0.3, -0.25) is 0 Å². The Labute approximate surface area is 117 Å². The number of methoxy groups -OCH3 is 1. The molecule has 1 aromatic carbocycles. The molecule has 0 unspecified atom stereocenters. The number of unbranched alkanes of at least 4 members (excludes halogenated alkanes) is 1. The molecule has 1 N–H and O–H groups in total. The molecule has 1 aliphatic carbocycles. The zero-order valence-electron chi connectivity index (χ0n) is 12.3. The molecule has 1 aromatic rings. The summed E-state index contributed by atoms with van der Waals surface area (Å²) in [4.78, 5) is 0. The molecule has 0 aliphatic heterocycles. The Hall–Kier alpha value is -1.02. The quantitative estimate of drug-likeness (QED) is 0.819. The molecule has 0 aromatic heterocycles. The fourth-order valence-corrected chi connectivity index (χ4v) is 2.83. The predicted molar refractivity (Wildman–Crippen MR) is 81.7 cm³/mol. The number of ether oxygens (including phenoxy) is 1. The first-order valence-electron chi connectivity index (χ1n) is 7.70. The first-order valence-corrected chi connectivity index (χ1v) is 7.70. The van der Waals surface area contributed by atoms with E-state index in [9.17, 15) is 0 Å². The zero-order chi connectivity index (χ0) is 13.5. The van der Waals surface area contributed by atoms with Crippen molar-refractivity contribution in [3.05, 3.63) is 29.8 Å². The van der Waals surface area contributed by atoms with Crippen LogP contribution in [0.15, 0.2) is 24.3 Å². The number of hydrogen-bond donors (Lipinski definition) is 1. The average molecular weight is 261 g/mol. The third kappa shape index (κ3) is 4.54. The van der Waals surface area contributed by atoms with Gasteiger partial charge < -0.3 is 10.1 Å². The van der Waals surface area contributed by atoms with Crippen LogP contribution in [0.25, 0.3) is 0 Å². The average Bonchev–Trinajstić information content (AvgIpc) is 2.47. The Bertz CT molecular complexity index is 352. The molecule has 1 fully saturated rings. The van der Waals surface area contributed by atoms with Crippen molar-refractivity contribution in [2.75, 3.05) is 12.4 Å². The molecular weight excluding hydrogens is 234 g/mol. The zero-order valence-corrected chi connectivity index (χ0v) is 12.3. The van der Waals surface area contributed by atoms with E-state index in [1.165, 1.54) is 56.2 Å². The molecule has 0 spiro atoms. The predicted octanol–water partition coefficient (Wildman–Crippen LogP) is 4.40. The summed E-state index contributed by atoms with van der Waals surface area (Å²) in [7, 11) is 1.83. The highest BCUT2D eigenvalue weighted by Gasteiger charge is 2.20. The standard InChI is InChI=1S/C17H27NO/c1-3-4-5-14-6-8-15(9-7-14)18-16-10-12-17(19-2)13-11-16/h6-9,16-18H,3-5,10-13H2,1-2H3. The van der Waals surface area contributed by atoms with Gasteiger partial charge >= 0.3 is 0 Å². The van der Waals surface area contributed by atoms with E-state index >= 15 is 0 Å². The summed E-state index contributed by atoms with van der Waals surface area (Å²) in [5, 5.41) is 3.65. The van der Waals surface area contributed by atoms with Crippen molar-refractivity contribution < 1.29 is 4.74 Å². The monoisotopic (exact) mass is 261 g/mol. The number of hydrogen-bond acceptors (Lipinski definition) is 2. The van der Waals surface area contributed by atoms with Gasteiger partial charge in [-0.25, -0.2) is 0 Å². The Morgan fingerprint density at radius 1 is 1.11 bits per heavy atom. The molecule has 2 rings (SSSR count). The van der Waals surface area contributed by atoms with Crippen LogP contribution in [0.5, 0.6) is 0 Å². The van der Waals surface area contributed by atoms with Crippen LogP contribution in [0, 0.1) is 0 Å². The van der Waals surface area contributed by atoms with Gasteiger partial charge in [0.15, 0.2) is 0 Å². The first kappa shape index (κ1) is 14.4. The van der Waals surface area contributed by atoms with Crippen LogP contribution in [-0.2, 0) is 11.2 Å². The molecule has 0 amide bonds. The van der Waals surface area contributed by atoms with E-state index < -0.39 is 0 Å². The van der Waals surface area contributed by atoms with Crippen molar-refractivity contribution in [1.29, 1.82) is 0 Å². The minimum absolute atomic E-state index is 0.481. The van der Waals surface area contributed by atoms with Crippen molar-refractivity contribution in [2.24, 2.45) is 0 Å². The first-order chi connectivity index (χ1) is 9.31. The van der Waals surface area contributed by atoms with Gasteiger partial charge in [0.1, 0.15) is 0 Å². The molecular formula is C17H27NO. The second-order valence-electron chi connectivity index (χ2n) is 5.65. The number of aryl methyl sites for hydroxylation is 1. The lowest BCUT2D eigenvalue weighted by Gasteiger charge is -2.29. The van der Waals surface area contributed by atoms with Crippen LogP contribution in [0.2, 0.25) is 0 Å². The minimum atomic E-state index is 0.481. The topological polar surface area (TPSA) is 21.3 Å². The van der Waals surface area contributed by atoms with Crippen molar-refractivity contribution >= 4 is 5.69 Å². The van der Waals surface area contributed by atoms with E-state index in [0.717, 1.165) is 0 Å². The maximum Gasteiger partial charge on any atom is 0.0572 e. The number of anilines is 1. The van der Waals surface area contributed by atoms with Crippen LogP contribution >= 0.6 is 0 Å². The summed E-state index contributed by atoms with van der Waals surface area (Å²) in [5.41, 5.74) is 2.72. The Kier molecular flexibility index (Phi) is 5.71. The normalized spacial score (nSPS) is 23.3. The summed E-state index contributed by atoms with van der Waals surface area (Å²) in [6.45, 7) is 2.24. The SMILES string of the molecule is CCCCc1ccc(NC2CCC(OC)CC2)cc1. The molecule has 2 heteroatoms. The second kappa shape index (κ2) is 7.54. The fraction of sp³-hybridized carbons (Fsp3) is 0.647. The molecule has 2 nitrogen and oxygen atoms in total. The van der Waals surface area contributed by atoms with Gasteiger partial charge in [-0.1, -0.05) is 25.5 Å². The highest BCUT2D eigenvalue weighted by molar-refractivity contribution is 5.45. The minimum Gasteiger partial charge on any atom is -0.382 e. The van der Waals surface area contributed by atoms with Gasteiger partial charge in [0.2, 0.25) is 0 Å². The number of rotatable bonds is 6. The van der Waals surface area contributed by atoms with Crippen molar-refractivity contribution in [3.63, 3.8) is 0 Å². The third-order valence-electron chi connectivity index (χ3n) is 4.15. The van der Waals surface area contributed by atoms with Crippen LogP contribution in [0.1, 0.15) is 51.0 Å². The third-order valence-corrected chi connectivity index (χ3v) is 4.15. The van der Waals surface area contributed by atoms with E-state index in [-0.39, 0.29) is 0 Å². The summed E-state index contributed by atoms with van der Waals surface area (Å²) in [6.07, 6.45) is 9.04. The van der Waals surface area contributed by atoms with Gasteiger partial charge in [0.05, 0.1) is 6.10 Å². The number of nitrogens with one attached hydrogen (secondary N) is 1. The van der Waals surface area contributed by atoms with Gasteiger partial charge in [0.25, 0.3) is 0 Å². The van der Waals surface area contributed by atoms with E-state index in [0.29, 0.717) is 12.1 Å². The molecule has 0 heterocycles. The van der Waals surface area contributed by atoms with Crippen LogP contribution < -0.4 is 5.32 Å². The summed E-state index contributed by atoms with van der Waals surface area (Å²) in [6, 6.07) is 9.60. The van der Waals surface area contributed by atoms with E-state index in [2.05, 4.69) is 36.5 Å². The van der Waals surface area contributed by atoms with E-state index in [1.807, 2.05) is 7.11 Å². The Morgan fingerprint density at radius 3 is 2.37 bits per heavy atom. The Balaban J connectivity index is 1.79. The summed E-state index contributed by atoms with van der Waals surface area (Å²) >= 11 is 0. The molecule has 0 radical (unpaired) electrons. The van der Waals surface area contributed by atoms with E-state index in [4.69, 9.17) is 4.74 Å². The second-order valence-corrected chi connectivity index (χ2v) is 5.65.